The number of nitrogens with one attached hydrogen (secondary N) is 2. The van der Waals surface area contributed by atoms with E-state index in [4.69, 9.17) is 0 Å². The number of aryl methyl sites for hydroxylation is 1. The summed E-state index contributed by atoms with van der Waals surface area (Å²) in [6.45, 7) is 3.03. The highest BCUT2D eigenvalue weighted by Crippen LogP contribution is 2.24. The van der Waals surface area contributed by atoms with E-state index in [0.717, 1.165) is 29.0 Å². The van der Waals surface area contributed by atoms with E-state index < -0.39 is 0 Å². The molecule has 2 heterocycles. The largest absolute Gasteiger partial charge is 0.363 e. The van der Waals surface area contributed by atoms with Gasteiger partial charge in [-0.25, -0.2) is 9.97 Å². The van der Waals surface area contributed by atoms with Crippen LogP contribution in [0, 0.1) is 0 Å². The van der Waals surface area contributed by atoms with Crippen LogP contribution in [0.1, 0.15) is 24.1 Å². The van der Waals surface area contributed by atoms with Crippen molar-refractivity contribution in [3.8, 4) is 0 Å². The molecule has 0 aliphatic rings. The Labute approximate surface area is 141 Å². The summed E-state index contributed by atoms with van der Waals surface area (Å²) in [6, 6.07) is 11.4. The lowest BCUT2D eigenvalue weighted by Gasteiger charge is -2.22. The summed E-state index contributed by atoms with van der Waals surface area (Å²) in [7, 11) is 4.39. The number of rotatable bonds is 6. The zero-order chi connectivity index (χ0) is 16.2. The second-order valence-corrected chi connectivity index (χ2v) is 6.86. The summed E-state index contributed by atoms with van der Waals surface area (Å²) in [5.74, 6) is 0.924. The van der Waals surface area contributed by atoms with Crippen LogP contribution in [0.3, 0.4) is 0 Å². The van der Waals surface area contributed by atoms with Crippen molar-refractivity contribution in [3.05, 3.63) is 53.2 Å². The van der Waals surface area contributed by atoms with Gasteiger partial charge in [-0.1, -0.05) is 31.2 Å². The smallest absolute Gasteiger partial charge is 0.138 e. The first-order valence-electron chi connectivity index (χ1n) is 8.00. The topological polar surface area (TPSA) is 42.2 Å². The van der Waals surface area contributed by atoms with Gasteiger partial charge in [0, 0.05) is 5.56 Å². The minimum Gasteiger partial charge on any atom is -0.363 e. The second-order valence-electron chi connectivity index (χ2n) is 5.97. The Morgan fingerprint density at radius 2 is 1.91 bits per heavy atom. The first-order chi connectivity index (χ1) is 11.2. The molecule has 0 spiro atoms. The van der Waals surface area contributed by atoms with Crippen LogP contribution in [0.25, 0.3) is 10.2 Å². The lowest BCUT2D eigenvalue weighted by atomic mass is 10.0. The van der Waals surface area contributed by atoms with Gasteiger partial charge in [-0.2, -0.15) is 0 Å². The fourth-order valence-corrected chi connectivity index (χ4v) is 3.50. The van der Waals surface area contributed by atoms with Gasteiger partial charge in [-0.05, 0) is 23.4 Å². The molecule has 23 heavy (non-hydrogen) atoms. The zero-order valence-electron chi connectivity index (χ0n) is 13.8. The molecule has 0 fully saturated rings. The van der Waals surface area contributed by atoms with E-state index in [9.17, 15) is 0 Å². The highest BCUT2D eigenvalue weighted by Gasteiger charge is 2.18. The Kier molecular flexibility index (Phi) is 4.88. The summed E-state index contributed by atoms with van der Waals surface area (Å²) in [4.78, 5) is 11.1. The van der Waals surface area contributed by atoms with Crippen molar-refractivity contribution in [2.45, 2.75) is 19.4 Å². The molecule has 2 N–H and O–H groups in total. The predicted octanol–water partition coefficient (Wildman–Crippen LogP) is 2.55. The van der Waals surface area contributed by atoms with Crippen LogP contribution in [0.2, 0.25) is 0 Å². The molecule has 120 valence electrons. The molecule has 3 aromatic rings. The SMILES string of the molecule is CCc1ccc([C@@H](CNc2ncnc3sccc23)[NH+](C)C)cc1. The number of anilines is 1. The van der Waals surface area contributed by atoms with Gasteiger partial charge in [0.25, 0.3) is 0 Å². The Morgan fingerprint density at radius 3 is 2.61 bits per heavy atom. The number of thiophene rings is 1. The predicted molar refractivity (Wildman–Crippen MR) is 97.3 cm³/mol. The summed E-state index contributed by atoms with van der Waals surface area (Å²) in [5, 5.41) is 6.68. The van der Waals surface area contributed by atoms with Crippen LogP contribution in [-0.2, 0) is 6.42 Å². The number of aromatic nitrogens is 2. The van der Waals surface area contributed by atoms with Gasteiger partial charge in [-0.15, -0.1) is 11.3 Å². The Hall–Kier alpha value is -1.98. The van der Waals surface area contributed by atoms with Gasteiger partial charge >= 0.3 is 0 Å². The van der Waals surface area contributed by atoms with Crippen molar-refractivity contribution in [3.63, 3.8) is 0 Å². The fraction of sp³-hybridized carbons (Fsp3) is 0.333. The molecule has 0 saturated carbocycles. The maximum atomic E-state index is 4.41. The third-order valence-electron chi connectivity index (χ3n) is 4.22. The quantitative estimate of drug-likeness (QED) is 0.731. The molecule has 1 aromatic carbocycles. The van der Waals surface area contributed by atoms with Gasteiger partial charge < -0.3 is 10.2 Å². The molecule has 0 radical (unpaired) electrons. The van der Waals surface area contributed by atoms with E-state index in [2.05, 4.69) is 72.0 Å². The molecular weight excluding hydrogens is 304 g/mol. The summed E-state index contributed by atoms with van der Waals surface area (Å²) < 4.78 is 0. The van der Waals surface area contributed by atoms with Crippen molar-refractivity contribution in [1.82, 2.24) is 9.97 Å². The van der Waals surface area contributed by atoms with Gasteiger partial charge in [0.15, 0.2) is 0 Å². The molecule has 3 rings (SSSR count). The molecule has 0 aliphatic heterocycles. The van der Waals surface area contributed by atoms with Gasteiger partial charge in [-0.3, -0.25) is 0 Å². The zero-order valence-corrected chi connectivity index (χ0v) is 14.7. The number of hydrogen-bond donors (Lipinski definition) is 2. The normalized spacial score (nSPS) is 12.7. The highest BCUT2D eigenvalue weighted by molar-refractivity contribution is 7.16. The second kappa shape index (κ2) is 7.06. The van der Waals surface area contributed by atoms with Crippen molar-refractivity contribution >= 4 is 27.4 Å². The molecule has 0 unspecified atom stereocenters. The van der Waals surface area contributed by atoms with Crippen LogP contribution < -0.4 is 10.2 Å². The van der Waals surface area contributed by atoms with Crippen molar-refractivity contribution in [2.24, 2.45) is 0 Å². The standard InChI is InChI=1S/C18H22N4S/c1-4-13-5-7-14(8-6-13)16(22(2)3)11-19-17-15-9-10-23-18(15)21-12-20-17/h5-10,12,16H,4,11H2,1-3H3,(H,19,20,21)/p+1/t16-/m1/s1. The average Bonchev–Trinajstić information content (AvgIpc) is 3.04. The molecule has 5 heteroatoms. The average molecular weight is 327 g/mol. The molecule has 2 aromatic heterocycles. The number of hydrogen-bond acceptors (Lipinski definition) is 4. The molecule has 0 bridgehead atoms. The third kappa shape index (κ3) is 3.51. The van der Waals surface area contributed by atoms with Crippen LogP contribution in [0.5, 0.6) is 0 Å². The molecule has 0 saturated heterocycles. The monoisotopic (exact) mass is 327 g/mol. The molecule has 0 aliphatic carbocycles. The van der Waals surface area contributed by atoms with Crippen LogP contribution >= 0.6 is 11.3 Å². The number of likely N-dealkylation sites (N-methyl/N-ethyl adjacent to an activating group) is 1. The third-order valence-corrected chi connectivity index (χ3v) is 5.04. The van der Waals surface area contributed by atoms with E-state index in [1.165, 1.54) is 16.0 Å². The minimum absolute atomic E-state index is 0.379. The molecule has 4 nitrogen and oxygen atoms in total. The summed E-state index contributed by atoms with van der Waals surface area (Å²) in [6.07, 6.45) is 2.71. The van der Waals surface area contributed by atoms with Crippen LogP contribution in [-0.4, -0.2) is 30.6 Å². The molecule has 0 amide bonds. The Balaban J connectivity index is 1.78. The van der Waals surface area contributed by atoms with E-state index in [1.807, 2.05) is 0 Å². The maximum Gasteiger partial charge on any atom is 0.138 e. The number of nitrogens with zero attached hydrogens (tertiary/aromatic N) is 2. The first kappa shape index (κ1) is 15.9. The van der Waals surface area contributed by atoms with Gasteiger partial charge in [0.05, 0.1) is 26.0 Å². The lowest BCUT2D eigenvalue weighted by Crippen LogP contribution is -3.06. The van der Waals surface area contributed by atoms with Gasteiger partial charge in [0.2, 0.25) is 0 Å². The maximum absolute atomic E-state index is 4.41. The van der Waals surface area contributed by atoms with Gasteiger partial charge in [0.1, 0.15) is 23.0 Å². The number of quaternary nitrogens is 1. The van der Waals surface area contributed by atoms with Crippen molar-refractivity contribution in [1.29, 1.82) is 0 Å². The molecule has 1 atom stereocenters. The van der Waals surface area contributed by atoms with E-state index >= 15 is 0 Å². The Morgan fingerprint density at radius 1 is 1.13 bits per heavy atom. The van der Waals surface area contributed by atoms with E-state index in [-0.39, 0.29) is 0 Å². The van der Waals surface area contributed by atoms with Crippen molar-refractivity contribution in [2.75, 3.05) is 26.0 Å². The summed E-state index contributed by atoms with van der Waals surface area (Å²) in [5.41, 5.74) is 2.73. The molecular formula is C18H23N4S+. The number of benzene rings is 1. The number of fused-ring (bicyclic) bond motifs is 1. The Bertz CT molecular complexity index is 764. The van der Waals surface area contributed by atoms with E-state index in [1.54, 1.807) is 17.7 Å². The lowest BCUT2D eigenvalue weighted by molar-refractivity contribution is -0.890. The van der Waals surface area contributed by atoms with E-state index in [0.29, 0.717) is 6.04 Å². The first-order valence-corrected chi connectivity index (χ1v) is 8.88. The van der Waals surface area contributed by atoms with Crippen molar-refractivity contribution < 1.29 is 4.90 Å². The van der Waals surface area contributed by atoms with Crippen LogP contribution in [0.4, 0.5) is 5.82 Å². The highest BCUT2D eigenvalue weighted by atomic mass is 32.1. The fourth-order valence-electron chi connectivity index (χ4n) is 2.77. The van der Waals surface area contributed by atoms with Crippen LogP contribution in [0.15, 0.2) is 42.0 Å². The minimum atomic E-state index is 0.379. The summed E-state index contributed by atoms with van der Waals surface area (Å²) >= 11 is 1.65.